The SMILES string of the molecule is O=C(N[C@@H]1C[C@H]2OCC[C@@H]12)c1ccc2nc(CO)[nH]c2c1. The molecule has 1 aliphatic carbocycles. The van der Waals surface area contributed by atoms with E-state index in [0.717, 1.165) is 30.5 Å². The second kappa shape index (κ2) is 4.82. The third-order valence-electron chi connectivity index (χ3n) is 4.52. The first-order valence-electron chi connectivity index (χ1n) is 7.26. The molecule has 3 N–H and O–H groups in total. The highest BCUT2D eigenvalue weighted by Gasteiger charge is 2.45. The number of carbonyl (C=O) groups is 1. The first-order valence-corrected chi connectivity index (χ1v) is 7.26. The Morgan fingerprint density at radius 2 is 2.43 bits per heavy atom. The number of aromatic nitrogens is 2. The van der Waals surface area contributed by atoms with Crippen molar-refractivity contribution >= 4 is 16.9 Å². The lowest BCUT2D eigenvalue weighted by molar-refractivity contribution is 0.00810. The van der Waals surface area contributed by atoms with E-state index in [1.165, 1.54) is 0 Å². The number of imidazole rings is 1. The Labute approximate surface area is 121 Å². The molecule has 1 saturated heterocycles. The van der Waals surface area contributed by atoms with E-state index in [2.05, 4.69) is 15.3 Å². The lowest BCUT2D eigenvalue weighted by Gasteiger charge is -2.39. The van der Waals surface area contributed by atoms with E-state index in [1.807, 2.05) is 0 Å². The number of benzene rings is 1. The van der Waals surface area contributed by atoms with E-state index in [-0.39, 0.29) is 18.6 Å². The molecule has 21 heavy (non-hydrogen) atoms. The third kappa shape index (κ3) is 2.11. The number of nitrogens with zero attached hydrogens (tertiary/aromatic N) is 1. The van der Waals surface area contributed by atoms with E-state index >= 15 is 0 Å². The summed E-state index contributed by atoms with van der Waals surface area (Å²) in [5.74, 6) is 0.922. The van der Waals surface area contributed by atoms with Crippen molar-refractivity contribution in [2.75, 3.05) is 6.61 Å². The van der Waals surface area contributed by atoms with Crippen LogP contribution in [-0.2, 0) is 11.3 Å². The van der Waals surface area contributed by atoms with Crippen LogP contribution in [0.1, 0.15) is 29.0 Å². The highest BCUT2D eigenvalue weighted by molar-refractivity contribution is 5.97. The minimum atomic E-state index is -0.138. The number of hydrogen-bond donors (Lipinski definition) is 3. The zero-order valence-electron chi connectivity index (χ0n) is 11.5. The molecule has 2 aromatic rings. The van der Waals surface area contributed by atoms with Crippen LogP contribution in [0.15, 0.2) is 18.2 Å². The van der Waals surface area contributed by atoms with Crippen LogP contribution in [-0.4, -0.2) is 39.7 Å². The summed E-state index contributed by atoms with van der Waals surface area (Å²) in [6, 6.07) is 5.57. The van der Waals surface area contributed by atoms with Crippen LogP contribution in [0.25, 0.3) is 11.0 Å². The zero-order valence-corrected chi connectivity index (χ0v) is 11.5. The molecule has 1 aromatic heterocycles. The van der Waals surface area contributed by atoms with Gasteiger partial charge in [-0.2, -0.15) is 0 Å². The molecule has 1 saturated carbocycles. The molecule has 2 fully saturated rings. The summed E-state index contributed by atoms with van der Waals surface area (Å²) in [7, 11) is 0. The lowest BCUT2D eigenvalue weighted by Crippen LogP contribution is -2.53. The molecular formula is C15H17N3O3. The highest BCUT2D eigenvalue weighted by atomic mass is 16.5. The Bertz CT molecular complexity index is 697. The summed E-state index contributed by atoms with van der Waals surface area (Å²) >= 11 is 0. The normalized spacial score (nSPS) is 27.4. The topological polar surface area (TPSA) is 87.2 Å². The molecule has 1 aliphatic heterocycles. The van der Waals surface area contributed by atoms with Gasteiger partial charge in [0.1, 0.15) is 12.4 Å². The van der Waals surface area contributed by atoms with Gasteiger partial charge in [-0.3, -0.25) is 4.79 Å². The summed E-state index contributed by atoms with van der Waals surface area (Å²) in [6.07, 6.45) is 2.30. The van der Waals surface area contributed by atoms with Crippen LogP contribution in [0.3, 0.4) is 0 Å². The number of carbonyl (C=O) groups excluding carboxylic acids is 1. The number of nitrogens with one attached hydrogen (secondary N) is 2. The Morgan fingerprint density at radius 3 is 3.24 bits per heavy atom. The maximum atomic E-state index is 12.3. The predicted octanol–water partition coefficient (Wildman–Crippen LogP) is 0.962. The monoisotopic (exact) mass is 287 g/mol. The molecule has 2 heterocycles. The van der Waals surface area contributed by atoms with E-state index in [0.29, 0.717) is 23.4 Å². The number of fused-ring (bicyclic) bond motifs is 2. The average molecular weight is 287 g/mol. The fourth-order valence-corrected chi connectivity index (χ4v) is 3.29. The summed E-state index contributed by atoms with van der Waals surface area (Å²) in [5.41, 5.74) is 2.13. The molecule has 1 aromatic carbocycles. The quantitative estimate of drug-likeness (QED) is 0.785. The fourth-order valence-electron chi connectivity index (χ4n) is 3.29. The minimum Gasteiger partial charge on any atom is -0.388 e. The van der Waals surface area contributed by atoms with Crippen LogP contribution in [0.2, 0.25) is 0 Å². The summed E-state index contributed by atoms with van der Waals surface area (Å²) in [5, 5.41) is 12.2. The van der Waals surface area contributed by atoms with Gasteiger partial charge in [0.25, 0.3) is 5.91 Å². The van der Waals surface area contributed by atoms with Crippen molar-refractivity contribution in [3.05, 3.63) is 29.6 Å². The van der Waals surface area contributed by atoms with Crippen molar-refractivity contribution in [2.45, 2.75) is 31.6 Å². The second-order valence-electron chi connectivity index (χ2n) is 5.75. The molecule has 0 spiro atoms. The van der Waals surface area contributed by atoms with Gasteiger partial charge in [-0.05, 0) is 31.0 Å². The zero-order chi connectivity index (χ0) is 14.4. The van der Waals surface area contributed by atoms with Gasteiger partial charge < -0.3 is 20.1 Å². The molecule has 6 heteroatoms. The Hall–Kier alpha value is -1.92. The minimum absolute atomic E-state index is 0.0626. The average Bonchev–Trinajstić information content (AvgIpc) is 3.06. The Morgan fingerprint density at radius 1 is 1.52 bits per heavy atom. The molecule has 1 amide bonds. The predicted molar refractivity (Wildman–Crippen MR) is 75.7 cm³/mol. The first-order chi connectivity index (χ1) is 10.2. The maximum Gasteiger partial charge on any atom is 0.251 e. The largest absolute Gasteiger partial charge is 0.388 e. The van der Waals surface area contributed by atoms with E-state index in [9.17, 15) is 4.79 Å². The summed E-state index contributed by atoms with van der Waals surface area (Å²) < 4.78 is 5.55. The van der Waals surface area contributed by atoms with Gasteiger partial charge in [0.05, 0.1) is 17.1 Å². The molecule has 110 valence electrons. The molecule has 0 bridgehead atoms. The summed E-state index contributed by atoms with van der Waals surface area (Å²) in [4.78, 5) is 19.5. The van der Waals surface area contributed by atoms with Gasteiger partial charge in [0.2, 0.25) is 0 Å². The smallest absolute Gasteiger partial charge is 0.251 e. The highest BCUT2D eigenvalue weighted by Crippen LogP contribution is 2.38. The van der Waals surface area contributed by atoms with Gasteiger partial charge in [-0.25, -0.2) is 4.98 Å². The number of aromatic amines is 1. The number of aliphatic hydroxyl groups is 1. The van der Waals surface area contributed by atoms with Crippen LogP contribution in [0.5, 0.6) is 0 Å². The molecule has 4 rings (SSSR count). The number of H-pyrrole nitrogens is 1. The number of aliphatic hydroxyl groups excluding tert-OH is 1. The molecule has 2 aliphatic rings. The van der Waals surface area contributed by atoms with Gasteiger partial charge in [-0.15, -0.1) is 0 Å². The molecular weight excluding hydrogens is 270 g/mol. The van der Waals surface area contributed by atoms with Gasteiger partial charge in [0, 0.05) is 24.1 Å². The summed E-state index contributed by atoms with van der Waals surface area (Å²) in [6.45, 7) is 0.674. The van der Waals surface area contributed by atoms with Crippen molar-refractivity contribution in [3.8, 4) is 0 Å². The Kier molecular flexibility index (Phi) is 2.94. The van der Waals surface area contributed by atoms with E-state index in [4.69, 9.17) is 9.84 Å². The number of hydrogen-bond acceptors (Lipinski definition) is 4. The van der Waals surface area contributed by atoms with Crippen molar-refractivity contribution in [3.63, 3.8) is 0 Å². The fraction of sp³-hybridized carbons (Fsp3) is 0.467. The third-order valence-corrected chi connectivity index (χ3v) is 4.52. The van der Waals surface area contributed by atoms with E-state index < -0.39 is 0 Å². The maximum absolute atomic E-state index is 12.3. The van der Waals surface area contributed by atoms with Crippen LogP contribution >= 0.6 is 0 Å². The van der Waals surface area contributed by atoms with E-state index in [1.54, 1.807) is 18.2 Å². The van der Waals surface area contributed by atoms with Crippen LogP contribution in [0.4, 0.5) is 0 Å². The molecule has 3 atom stereocenters. The molecule has 0 unspecified atom stereocenters. The number of rotatable bonds is 3. The van der Waals surface area contributed by atoms with Crippen molar-refractivity contribution < 1.29 is 14.6 Å². The van der Waals surface area contributed by atoms with Crippen LogP contribution < -0.4 is 5.32 Å². The number of ether oxygens (including phenoxy) is 1. The van der Waals surface area contributed by atoms with Crippen molar-refractivity contribution in [1.82, 2.24) is 15.3 Å². The lowest BCUT2D eigenvalue weighted by atomic mass is 9.76. The van der Waals surface area contributed by atoms with Crippen molar-refractivity contribution in [2.24, 2.45) is 5.92 Å². The second-order valence-corrected chi connectivity index (χ2v) is 5.75. The molecule has 0 radical (unpaired) electrons. The molecule has 6 nitrogen and oxygen atoms in total. The van der Waals surface area contributed by atoms with Crippen molar-refractivity contribution in [1.29, 1.82) is 0 Å². The standard InChI is InChI=1S/C15H17N3O3/c19-7-14-16-10-2-1-8(5-12(10)17-14)15(20)18-11-6-13-9(11)3-4-21-13/h1-2,5,9,11,13,19H,3-4,6-7H2,(H,16,17)(H,18,20)/t9-,11+,13+/m0/s1. The van der Waals surface area contributed by atoms with Crippen LogP contribution in [0, 0.1) is 5.92 Å². The first kappa shape index (κ1) is 12.8. The van der Waals surface area contributed by atoms with Gasteiger partial charge >= 0.3 is 0 Å². The number of amides is 1. The Balaban J connectivity index is 1.51. The van der Waals surface area contributed by atoms with Gasteiger partial charge in [-0.1, -0.05) is 0 Å². The van der Waals surface area contributed by atoms with Gasteiger partial charge in [0.15, 0.2) is 0 Å².